The normalized spacial score (nSPS) is 25.2. The molecule has 1 saturated carbocycles. The molecule has 1 aliphatic carbocycles. The molecule has 1 saturated heterocycles. The Labute approximate surface area is 151 Å². The SMILES string of the molecule is O=C(NC[C@H](O)c1c(Cl)cccc1Cl)[C@@H]1CC12CCS(=O)(=O)CC2. The Kier molecular flexibility index (Phi) is 4.86. The molecule has 24 heavy (non-hydrogen) atoms. The number of benzene rings is 1. The minimum Gasteiger partial charge on any atom is -0.386 e. The summed E-state index contributed by atoms with van der Waals surface area (Å²) in [5.74, 6) is 0.0157. The third kappa shape index (κ3) is 3.57. The summed E-state index contributed by atoms with van der Waals surface area (Å²) in [6, 6.07) is 4.95. The Bertz CT molecular complexity index is 731. The number of halogens is 2. The molecular weight excluding hydrogens is 373 g/mol. The van der Waals surface area contributed by atoms with Gasteiger partial charge in [-0.3, -0.25) is 4.79 Å². The van der Waals surface area contributed by atoms with Gasteiger partial charge < -0.3 is 10.4 Å². The number of hydrogen-bond acceptors (Lipinski definition) is 4. The number of carbonyl (C=O) groups is 1. The summed E-state index contributed by atoms with van der Waals surface area (Å²) >= 11 is 12.1. The summed E-state index contributed by atoms with van der Waals surface area (Å²) < 4.78 is 23.0. The van der Waals surface area contributed by atoms with Crippen LogP contribution in [0.15, 0.2) is 18.2 Å². The lowest BCUT2D eigenvalue weighted by Crippen LogP contribution is -2.33. The van der Waals surface area contributed by atoms with Crippen LogP contribution in [-0.4, -0.2) is 37.5 Å². The maximum Gasteiger partial charge on any atom is 0.223 e. The Hall–Kier alpha value is -0.820. The molecule has 1 aromatic carbocycles. The molecule has 2 aliphatic rings. The van der Waals surface area contributed by atoms with Crippen LogP contribution >= 0.6 is 23.2 Å². The number of nitrogens with one attached hydrogen (secondary N) is 1. The predicted octanol–water partition coefficient (Wildman–Crippen LogP) is 2.36. The lowest BCUT2D eigenvalue weighted by molar-refractivity contribution is -0.123. The van der Waals surface area contributed by atoms with Gasteiger partial charge in [0.15, 0.2) is 0 Å². The molecule has 2 N–H and O–H groups in total. The van der Waals surface area contributed by atoms with E-state index in [0.717, 1.165) is 6.42 Å². The molecule has 0 bridgehead atoms. The zero-order chi connectivity index (χ0) is 17.5. The van der Waals surface area contributed by atoms with Crippen LogP contribution in [0.5, 0.6) is 0 Å². The van der Waals surface area contributed by atoms with E-state index in [2.05, 4.69) is 5.32 Å². The largest absolute Gasteiger partial charge is 0.386 e. The fourth-order valence-corrected chi connectivity index (χ4v) is 5.76. The van der Waals surface area contributed by atoms with Gasteiger partial charge in [0, 0.05) is 28.1 Å². The Morgan fingerprint density at radius 1 is 1.29 bits per heavy atom. The highest BCUT2D eigenvalue weighted by Gasteiger charge is 2.59. The van der Waals surface area contributed by atoms with Gasteiger partial charge in [-0.25, -0.2) is 8.42 Å². The van der Waals surface area contributed by atoms with Crippen molar-refractivity contribution in [1.29, 1.82) is 0 Å². The molecule has 5 nitrogen and oxygen atoms in total. The molecular formula is C16H19Cl2NO4S. The second-order valence-corrected chi connectivity index (χ2v) is 9.79. The molecule has 8 heteroatoms. The zero-order valence-electron chi connectivity index (χ0n) is 13.0. The summed E-state index contributed by atoms with van der Waals surface area (Å²) in [6.07, 6.45) is 0.826. The van der Waals surface area contributed by atoms with Crippen molar-refractivity contribution in [3.8, 4) is 0 Å². The van der Waals surface area contributed by atoms with Crippen LogP contribution in [0.1, 0.15) is 30.9 Å². The minimum absolute atomic E-state index is 0.0210. The molecule has 0 unspecified atom stereocenters. The van der Waals surface area contributed by atoms with Crippen molar-refractivity contribution in [3.05, 3.63) is 33.8 Å². The molecule has 1 aliphatic heterocycles. The third-order valence-corrected chi connectivity index (χ3v) is 7.44. The molecule has 0 aromatic heterocycles. The number of sulfone groups is 1. The average molecular weight is 392 g/mol. The van der Waals surface area contributed by atoms with Gasteiger partial charge >= 0.3 is 0 Å². The summed E-state index contributed by atoms with van der Waals surface area (Å²) in [4.78, 5) is 12.3. The van der Waals surface area contributed by atoms with Crippen molar-refractivity contribution in [2.45, 2.75) is 25.4 Å². The number of hydrogen-bond donors (Lipinski definition) is 2. The van der Waals surface area contributed by atoms with Gasteiger partial charge in [0.2, 0.25) is 5.91 Å². The first-order chi connectivity index (χ1) is 11.2. The van der Waals surface area contributed by atoms with E-state index in [0.29, 0.717) is 28.5 Å². The van der Waals surface area contributed by atoms with Crippen LogP contribution in [-0.2, 0) is 14.6 Å². The Morgan fingerprint density at radius 2 is 1.88 bits per heavy atom. The molecule has 132 valence electrons. The van der Waals surface area contributed by atoms with Gasteiger partial charge in [-0.1, -0.05) is 29.3 Å². The van der Waals surface area contributed by atoms with Gasteiger partial charge in [0.05, 0.1) is 17.6 Å². The monoisotopic (exact) mass is 391 g/mol. The maximum absolute atomic E-state index is 12.3. The number of aliphatic hydroxyl groups is 1. The van der Waals surface area contributed by atoms with Gasteiger partial charge in [-0.15, -0.1) is 0 Å². The Morgan fingerprint density at radius 3 is 2.46 bits per heavy atom. The summed E-state index contributed by atoms with van der Waals surface area (Å²) in [5, 5.41) is 13.7. The van der Waals surface area contributed by atoms with E-state index in [-0.39, 0.29) is 35.3 Å². The van der Waals surface area contributed by atoms with E-state index in [1.165, 1.54) is 0 Å². The fraction of sp³-hybridized carbons (Fsp3) is 0.562. The van der Waals surface area contributed by atoms with Crippen molar-refractivity contribution < 1.29 is 18.3 Å². The first-order valence-corrected chi connectivity index (χ1v) is 10.4. The molecule has 0 radical (unpaired) electrons. The van der Waals surface area contributed by atoms with Crippen molar-refractivity contribution >= 4 is 38.9 Å². The second kappa shape index (κ2) is 6.48. The third-order valence-electron chi connectivity index (χ3n) is 5.13. The topological polar surface area (TPSA) is 83.5 Å². The number of amides is 1. The van der Waals surface area contributed by atoms with Crippen LogP contribution in [0.2, 0.25) is 10.0 Å². The van der Waals surface area contributed by atoms with Crippen molar-refractivity contribution in [2.75, 3.05) is 18.1 Å². The van der Waals surface area contributed by atoms with E-state index in [1.807, 2.05) is 0 Å². The van der Waals surface area contributed by atoms with E-state index in [1.54, 1.807) is 18.2 Å². The second-order valence-electron chi connectivity index (χ2n) is 6.67. The van der Waals surface area contributed by atoms with Gasteiger partial charge in [-0.05, 0) is 36.8 Å². The highest BCUT2D eigenvalue weighted by Crippen LogP contribution is 2.59. The fourth-order valence-electron chi connectivity index (χ4n) is 3.47. The van der Waals surface area contributed by atoms with Gasteiger partial charge in [-0.2, -0.15) is 0 Å². The minimum atomic E-state index is -2.94. The lowest BCUT2D eigenvalue weighted by atomic mass is 9.96. The highest BCUT2D eigenvalue weighted by molar-refractivity contribution is 7.91. The van der Waals surface area contributed by atoms with E-state index < -0.39 is 15.9 Å². The number of rotatable bonds is 4. The van der Waals surface area contributed by atoms with Crippen LogP contribution in [0.4, 0.5) is 0 Å². The van der Waals surface area contributed by atoms with Crippen LogP contribution < -0.4 is 5.32 Å². The molecule has 3 rings (SSSR count). The average Bonchev–Trinajstić information content (AvgIpc) is 3.23. The predicted molar refractivity (Wildman–Crippen MR) is 92.9 cm³/mol. The summed E-state index contributed by atoms with van der Waals surface area (Å²) in [5.41, 5.74) is 0.234. The van der Waals surface area contributed by atoms with E-state index >= 15 is 0 Å². The van der Waals surface area contributed by atoms with Crippen LogP contribution in [0.3, 0.4) is 0 Å². The van der Waals surface area contributed by atoms with Crippen molar-refractivity contribution in [1.82, 2.24) is 5.32 Å². The number of carbonyl (C=O) groups excluding carboxylic acids is 1. The zero-order valence-corrected chi connectivity index (χ0v) is 15.3. The molecule has 2 atom stereocenters. The highest BCUT2D eigenvalue weighted by atomic mass is 35.5. The summed E-state index contributed by atoms with van der Waals surface area (Å²) in [6.45, 7) is 0.0210. The van der Waals surface area contributed by atoms with Crippen molar-refractivity contribution in [2.24, 2.45) is 11.3 Å². The van der Waals surface area contributed by atoms with Crippen molar-refractivity contribution in [3.63, 3.8) is 0 Å². The quantitative estimate of drug-likeness (QED) is 0.824. The molecule has 1 aromatic rings. The number of aliphatic hydroxyl groups excluding tert-OH is 1. The molecule has 1 heterocycles. The van der Waals surface area contributed by atoms with Crippen LogP contribution in [0, 0.1) is 11.3 Å². The van der Waals surface area contributed by atoms with Gasteiger partial charge in [0.1, 0.15) is 9.84 Å². The standard InChI is InChI=1S/C16H19Cl2NO4S/c17-11-2-1-3-12(18)14(11)13(20)9-19-15(21)10-8-16(10)4-6-24(22,23)7-5-16/h1-3,10,13,20H,4-9H2,(H,19,21)/t10-,13-/m0/s1. The first kappa shape index (κ1) is 18.0. The molecule has 1 spiro atoms. The van der Waals surface area contributed by atoms with E-state index in [4.69, 9.17) is 23.2 Å². The lowest BCUT2D eigenvalue weighted by Gasteiger charge is -2.22. The van der Waals surface area contributed by atoms with E-state index in [9.17, 15) is 18.3 Å². The Balaban J connectivity index is 1.56. The molecule has 2 fully saturated rings. The van der Waals surface area contributed by atoms with Crippen LogP contribution in [0.25, 0.3) is 0 Å². The maximum atomic E-state index is 12.3. The smallest absolute Gasteiger partial charge is 0.223 e. The molecule has 1 amide bonds. The van der Waals surface area contributed by atoms with Gasteiger partial charge in [0.25, 0.3) is 0 Å². The summed E-state index contributed by atoms with van der Waals surface area (Å²) in [7, 11) is -2.94. The first-order valence-electron chi connectivity index (χ1n) is 7.84.